The van der Waals surface area contributed by atoms with Crippen molar-refractivity contribution in [2.24, 2.45) is 0 Å². The largest absolute Gasteiger partial charge is 0.484 e. The maximum Gasteiger partial charge on any atom is 0.416 e. The van der Waals surface area contributed by atoms with Crippen LogP contribution in [0.3, 0.4) is 0 Å². The van der Waals surface area contributed by atoms with Crippen molar-refractivity contribution in [3.63, 3.8) is 0 Å². The average molecular weight is 323 g/mol. The first-order valence-corrected chi connectivity index (χ1v) is 7.07. The van der Waals surface area contributed by atoms with E-state index in [2.05, 4.69) is 5.32 Å². The zero-order chi connectivity index (χ0) is 16.9. The average Bonchev–Trinajstić information content (AvgIpc) is 2.52. The Kier molecular flexibility index (Phi) is 5.26. The van der Waals surface area contributed by atoms with Gasteiger partial charge in [0, 0.05) is 5.69 Å². The van der Waals surface area contributed by atoms with Crippen LogP contribution in [-0.4, -0.2) is 12.5 Å². The first-order chi connectivity index (χ1) is 10.9. The maximum atomic E-state index is 12.6. The van der Waals surface area contributed by atoms with Crippen molar-refractivity contribution in [3.05, 3.63) is 59.7 Å². The molecule has 0 saturated heterocycles. The highest BCUT2D eigenvalue weighted by atomic mass is 19.4. The van der Waals surface area contributed by atoms with Gasteiger partial charge in [-0.05, 0) is 42.3 Å². The number of carbonyl (C=O) groups is 1. The van der Waals surface area contributed by atoms with Crippen LogP contribution in [0.25, 0.3) is 0 Å². The van der Waals surface area contributed by atoms with Gasteiger partial charge in [-0.25, -0.2) is 0 Å². The molecule has 0 aliphatic carbocycles. The Labute approximate surface area is 132 Å². The van der Waals surface area contributed by atoms with Crippen molar-refractivity contribution in [2.75, 3.05) is 11.9 Å². The summed E-state index contributed by atoms with van der Waals surface area (Å²) >= 11 is 0. The van der Waals surface area contributed by atoms with Crippen molar-refractivity contribution in [3.8, 4) is 5.75 Å². The molecule has 0 aliphatic heterocycles. The number of nitrogens with one attached hydrogen (secondary N) is 1. The Morgan fingerprint density at radius 3 is 2.57 bits per heavy atom. The number of halogens is 3. The van der Waals surface area contributed by atoms with Gasteiger partial charge in [0.15, 0.2) is 6.61 Å². The molecule has 2 aromatic rings. The van der Waals surface area contributed by atoms with E-state index >= 15 is 0 Å². The van der Waals surface area contributed by atoms with E-state index in [9.17, 15) is 18.0 Å². The number of hydrogen-bond donors (Lipinski definition) is 1. The van der Waals surface area contributed by atoms with Gasteiger partial charge in [0.2, 0.25) is 0 Å². The summed E-state index contributed by atoms with van der Waals surface area (Å²) in [6, 6.07) is 11.8. The molecule has 0 radical (unpaired) electrons. The number of rotatable bonds is 5. The molecule has 0 aliphatic rings. The molecule has 2 rings (SSSR count). The first kappa shape index (κ1) is 16.9. The zero-order valence-corrected chi connectivity index (χ0v) is 12.5. The van der Waals surface area contributed by atoms with E-state index in [1.54, 1.807) is 6.07 Å². The normalized spacial score (nSPS) is 11.1. The van der Waals surface area contributed by atoms with E-state index in [-0.39, 0.29) is 12.3 Å². The van der Waals surface area contributed by atoms with E-state index < -0.39 is 17.6 Å². The van der Waals surface area contributed by atoms with Gasteiger partial charge < -0.3 is 10.1 Å². The minimum atomic E-state index is -4.45. The van der Waals surface area contributed by atoms with Crippen LogP contribution < -0.4 is 10.1 Å². The van der Waals surface area contributed by atoms with Gasteiger partial charge in [-0.2, -0.15) is 13.2 Å². The van der Waals surface area contributed by atoms with Gasteiger partial charge in [-0.1, -0.05) is 25.1 Å². The molecule has 6 heteroatoms. The predicted octanol–water partition coefficient (Wildman–Crippen LogP) is 4.29. The molecular formula is C17H16F3NO2. The molecule has 0 unspecified atom stereocenters. The van der Waals surface area contributed by atoms with Crippen LogP contribution in [-0.2, 0) is 17.4 Å². The lowest BCUT2D eigenvalue weighted by Gasteiger charge is -2.11. The number of alkyl halides is 3. The number of hydrogen-bond acceptors (Lipinski definition) is 2. The van der Waals surface area contributed by atoms with Gasteiger partial charge in [0.1, 0.15) is 5.75 Å². The minimum absolute atomic E-state index is 0.0794. The SMILES string of the molecule is CCc1cccc(OCC(=O)Nc2cccc(C(F)(F)F)c2)c1. The summed E-state index contributed by atoms with van der Waals surface area (Å²) in [5.41, 5.74) is 0.336. The Hall–Kier alpha value is -2.50. The third kappa shape index (κ3) is 5.02. The fourth-order valence-electron chi connectivity index (χ4n) is 1.97. The van der Waals surface area contributed by atoms with E-state index in [1.165, 1.54) is 12.1 Å². The molecule has 0 aromatic heterocycles. The summed E-state index contributed by atoms with van der Waals surface area (Å²) in [5, 5.41) is 2.39. The zero-order valence-electron chi connectivity index (χ0n) is 12.5. The molecule has 0 bridgehead atoms. The van der Waals surface area contributed by atoms with Crippen molar-refractivity contribution < 1.29 is 22.7 Å². The Morgan fingerprint density at radius 2 is 1.87 bits per heavy atom. The fraction of sp³-hybridized carbons (Fsp3) is 0.235. The van der Waals surface area contributed by atoms with Crippen LogP contribution in [0, 0.1) is 0 Å². The Balaban J connectivity index is 1.94. The van der Waals surface area contributed by atoms with Crippen LogP contribution in [0.4, 0.5) is 18.9 Å². The molecule has 3 nitrogen and oxygen atoms in total. The van der Waals surface area contributed by atoms with Crippen LogP contribution in [0.5, 0.6) is 5.75 Å². The fourth-order valence-corrected chi connectivity index (χ4v) is 1.97. The molecule has 0 saturated carbocycles. The van der Waals surface area contributed by atoms with Crippen molar-refractivity contribution in [2.45, 2.75) is 19.5 Å². The molecule has 0 fully saturated rings. The first-order valence-electron chi connectivity index (χ1n) is 7.07. The van der Waals surface area contributed by atoms with Crippen molar-refractivity contribution in [1.29, 1.82) is 0 Å². The Bertz CT molecular complexity index is 684. The summed E-state index contributed by atoms with van der Waals surface area (Å²) in [4.78, 5) is 11.8. The standard InChI is InChI=1S/C17H16F3NO2/c1-2-12-5-3-8-15(9-12)23-11-16(22)21-14-7-4-6-13(10-14)17(18,19)20/h3-10H,2,11H2,1H3,(H,21,22). The summed E-state index contributed by atoms with van der Waals surface area (Å²) in [7, 11) is 0. The van der Waals surface area contributed by atoms with Crippen LogP contribution in [0.1, 0.15) is 18.1 Å². The van der Waals surface area contributed by atoms with Crippen LogP contribution in [0.2, 0.25) is 0 Å². The molecule has 0 atom stereocenters. The molecule has 122 valence electrons. The summed E-state index contributed by atoms with van der Waals surface area (Å²) < 4.78 is 43.2. The van der Waals surface area contributed by atoms with Gasteiger partial charge in [0.25, 0.3) is 5.91 Å². The second-order valence-electron chi connectivity index (χ2n) is 4.92. The number of benzene rings is 2. The topological polar surface area (TPSA) is 38.3 Å². The van der Waals surface area contributed by atoms with Gasteiger partial charge in [0.05, 0.1) is 5.56 Å². The molecular weight excluding hydrogens is 307 g/mol. The molecule has 1 N–H and O–H groups in total. The molecule has 0 spiro atoms. The van der Waals surface area contributed by atoms with Crippen LogP contribution >= 0.6 is 0 Å². The number of anilines is 1. The van der Waals surface area contributed by atoms with Gasteiger partial charge >= 0.3 is 6.18 Å². The summed E-state index contributed by atoms with van der Waals surface area (Å²) in [5.74, 6) is 0.0229. The van der Waals surface area contributed by atoms with E-state index in [1.807, 2.05) is 25.1 Å². The highest BCUT2D eigenvalue weighted by molar-refractivity contribution is 5.91. The second kappa shape index (κ2) is 7.17. The predicted molar refractivity (Wildman–Crippen MR) is 81.4 cm³/mol. The van der Waals surface area contributed by atoms with Crippen molar-refractivity contribution in [1.82, 2.24) is 0 Å². The molecule has 23 heavy (non-hydrogen) atoms. The highest BCUT2D eigenvalue weighted by Gasteiger charge is 2.30. The third-order valence-corrected chi connectivity index (χ3v) is 3.15. The lowest BCUT2D eigenvalue weighted by Crippen LogP contribution is -2.20. The quantitative estimate of drug-likeness (QED) is 0.891. The van der Waals surface area contributed by atoms with Crippen LogP contribution in [0.15, 0.2) is 48.5 Å². The summed E-state index contributed by atoms with van der Waals surface area (Å²) in [6.07, 6.45) is -3.61. The minimum Gasteiger partial charge on any atom is -0.484 e. The maximum absolute atomic E-state index is 12.6. The smallest absolute Gasteiger partial charge is 0.416 e. The van der Waals surface area contributed by atoms with E-state index in [0.29, 0.717) is 5.75 Å². The van der Waals surface area contributed by atoms with Gasteiger partial charge in [-0.3, -0.25) is 4.79 Å². The number of amides is 1. The third-order valence-electron chi connectivity index (χ3n) is 3.15. The number of aryl methyl sites for hydroxylation is 1. The molecule has 2 aromatic carbocycles. The summed E-state index contributed by atoms with van der Waals surface area (Å²) in [6.45, 7) is 1.73. The monoisotopic (exact) mass is 323 g/mol. The Morgan fingerprint density at radius 1 is 1.13 bits per heavy atom. The molecule has 0 heterocycles. The lowest BCUT2D eigenvalue weighted by atomic mass is 10.2. The van der Waals surface area contributed by atoms with E-state index in [4.69, 9.17) is 4.74 Å². The molecule has 1 amide bonds. The highest BCUT2D eigenvalue weighted by Crippen LogP contribution is 2.30. The number of carbonyl (C=O) groups excluding carboxylic acids is 1. The number of ether oxygens (including phenoxy) is 1. The lowest BCUT2D eigenvalue weighted by molar-refractivity contribution is -0.137. The second-order valence-corrected chi connectivity index (χ2v) is 4.92. The van der Waals surface area contributed by atoms with Crippen molar-refractivity contribution >= 4 is 11.6 Å². The van der Waals surface area contributed by atoms with Gasteiger partial charge in [-0.15, -0.1) is 0 Å². The van der Waals surface area contributed by atoms with E-state index in [0.717, 1.165) is 24.1 Å².